The minimum Gasteiger partial charge on any atom is -0.382 e. The van der Waals surface area contributed by atoms with Crippen molar-refractivity contribution in [3.05, 3.63) is 42.5 Å². The van der Waals surface area contributed by atoms with Gasteiger partial charge in [-0.05, 0) is 19.1 Å². The first-order chi connectivity index (χ1) is 10.4. The molecule has 1 aliphatic rings. The average Bonchev–Trinajstić information content (AvgIpc) is 2.57. The number of rotatable bonds is 4. The molecule has 2 N–H and O–H groups in total. The minimum atomic E-state index is 0.908. The summed E-state index contributed by atoms with van der Waals surface area (Å²) >= 11 is 0. The van der Waals surface area contributed by atoms with Gasteiger partial charge in [-0.3, -0.25) is 0 Å². The molecule has 1 saturated heterocycles. The lowest BCUT2D eigenvalue weighted by Crippen LogP contribution is -2.44. The Balaban J connectivity index is 1.97. The molecule has 0 saturated carbocycles. The van der Waals surface area contributed by atoms with Crippen molar-refractivity contribution in [3.8, 4) is 11.3 Å². The van der Waals surface area contributed by atoms with Gasteiger partial charge in [-0.25, -0.2) is 4.98 Å². The van der Waals surface area contributed by atoms with Crippen LogP contribution in [0.5, 0.6) is 0 Å². The van der Waals surface area contributed by atoms with Crippen LogP contribution in [0.4, 0.5) is 11.5 Å². The molecule has 0 unspecified atom stereocenters. The molecule has 0 amide bonds. The van der Waals surface area contributed by atoms with Gasteiger partial charge in [0.15, 0.2) is 5.82 Å². The fraction of sp³-hybridized carbons (Fsp3) is 0.353. The topological polar surface area (TPSA) is 40.2 Å². The second-order valence-electron chi connectivity index (χ2n) is 5.20. The number of piperazine rings is 1. The van der Waals surface area contributed by atoms with Crippen LogP contribution in [-0.2, 0) is 0 Å². The summed E-state index contributed by atoms with van der Waals surface area (Å²) in [6, 6.07) is 14.6. The largest absolute Gasteiger partial charge is 0.382 e. The average molecular weight is 282 g/mol. The molecule has 110 valence electrons. The lowest BCUT2D eigenvalue weighted by atomic mass is 10.1. The van der Waals surface area contributed by atoms with Crippen LogP contribution in [0, 0.1) is 0 Å². The van der Waals surface area contributed by atoms with Gasteiger partial charge in [0.05, 0.1) is 11.4 Å². The standard InChI is InChI=1S/C17H22N4/c1-2-19-16-9-8-15(14-6-4-3-5-7-14)20-17(16)21-12-10-18-11-13-21/h3-9,18-19H,2,10-13H2,1H3. The fourth-order valence-corrected chi connectivity index (χ4v) is 2.66. The third-order valence-electron chi connectivity index (χ3n) is 3.73. The van der Waals surface area contributed by atoms with Gasteiger partial charge in [0.1, 0.15) is 0 Å². The Labute approximate surface area is 126 Å². The Bertz CT molecular complexity index is 577. The van der Waals surface area contributed by atoms with Crippen molar-refractivity contribution in [1.29, 1.82) is 0 Å². The van der Waals surface area contributed by atoms with E-state index in [1.54, 1.807) is 0 Å². The highest BCUT2D eigenvalue weighted by Gasteiger charge is 2.16. The van der Waals surface area contributed by atoms with E-state index in [-0.39, 0.29) is 0 Å². The van der Waals surface area contributed by atoms with E-state index in [0.29, 0.717) is 0 Å². The Kier molecular flexibility index (Phi) is 4.36. The molecule has 0 spiro atoms. The Hall–Kier alpha value is -2.07. The number of hydrogen-bond donors (Lipinski definition) is 2. The van der Waals surface area contributed by atoms with Crippen LogP contribution in [0.3, 0.4) is 0 Å². The van der Waals surface area contributed by atoms with Crippen molar-refractivity contribution < 1.29 is 0 Å². The van der Waals surface area contributed by atoms with E-state index in [2.05, 4.69) is 58.9 Å². The quantitative estimate of drug-likeness (QED) is 0.904. The number of nitrogens with one attached hydrogen (secondary N) is 2. The monoisotopic (exact) mass is 282 g/mol. The molecule has 2 aromatic rings. The summed E-state index contributed by atoms with van der Waals surface area (Å²) in [4.78, 5) is 7.28. The van der Waals surface area contributed by atoms with Gasteiger partial charge in [-0.1, -0.05) is 30.3 Å². The maximum absolute atomic E-state index is 4.92. The third kappa shape index (κ3) is 3.16. The minimum absolute atomic E-state index is 0.908. The molecule has 1 fully saturated rings. The van der Waals surface area contributed by atoms with E-state index in [9.17, 15) is 0 Å². The molecule has 0 atom stereocenters. The first-order valence-electron chi connectivity index (χ1n) is 7.64. The van der Waals surface area contributed by atoms with Crippen LogP contribution in [0.25, 0.3) is 11.3 Å². The fourth-order valence-electron chi connectivity index (χ4n) is 2.66. The Morgan fingerprint density at radius 1 is 1.10 bits per heavy atom. The van der Waals surface area contributed by atoms with Crippen LogP contribution < -0.4 is 15.5 Å². The number of pyridine rings is 1. The summed E-state index contributed by atoms with van der Waals surface area (Å²) in [5.41, 5.74) is 3.32. The molecule has 1 aromatic carbocycles. The van der Waals surface area contributed by atoms with E-state index in [4.69, 9.17) is 4.98 Å². The van der Waals surface area contributed by atoms with Gasteiger partial charge in [-0.2, -0.15) is 0 Å². The zero-order chi connectivity index (χ0) is 14.5. The number of anilines is 2. The number of hydrogen-bond acceptors (Lipinski definition) is 4. The molecule has 0 radical (unpaired) electrons. The summed E-state index contributed by atoms with van der Waals surface area (Å²) in [5, 5.41) is 6.82. The summed E-state index contributed by atoms with van der Waals surface area (Å²) in [5.74, 6) is 1.07. The molecule has 0 bridgehead atoms. The van der Waals surface area contributed by atoms with Crippen molar-refractivity contribution in [2.24, 2.45) is 0 Å². The van der Waals surface area contributed by atoms with E-state index in [1.807, 2.05) is 6.07 Å². The molecular formula is C17H22N4. The van der Waals surface area contributed by atoms with Crippen LogP contribution in [0.1, 0.15) is 6.92 Å². The number of benzene rings is 1. The van der Waals surface area contributed by atoms with Gasteiger partial charge in [-0.15, -0.1) is 0 Å². The van der Waals surface area contributed by atoms with Gasteiger partial charge in [0.25, 0.3) is 0 Å². The van der Waals surface area contributed by atoms with Crippen LogP contribution >= 0.6 is 0 Å². The predicted molar refractivity (Wildman–Crippen MR) is 88.9 cm³/mol. The molecular weight excluding hydrogens is 260 g/mol. The second kappa shape index (κ2) is 6.59. The van der Waals surface area contributed by atoms with E-state index in [1.165, 1.54) is 0 Å². The van der Waals surface area contributed by atoms with Crippen LogP contribution in [0.15, 0.2) is 42.5 Å². The lowest BCUT2D eigenvalue weighted by molar-refractivity contribution is 0.585. The van der Waals surface area contributed by atoms with Gasteiger partial charge < -0.3 is 15.5 Å². The maximum atomic E-state index is 4.92. The molecule has 4 heteroatoms. The second-order valence-corrected chi connectivity index (χ2v) is 5.20. The number of nitrogens with zero attached hydrogens (tertiary/aromatic N) is 2. The van der Waals surface area contributed by atoms with Crippen LogP contribution in [0.2, 0.25) is 0 Å². The van der Waals surface area contributed by atoms with Crippen molar-refractivity contribution >= 4 is 11.5 Å². The summed E-state index contributed by atoms with van der Waals surface area (Å²) in [6.07, 6.45) is 0. The first kappa shape index (κ1) is 13.9. The highest BCUT2D eigenvalue weighted by Crippen LogP contribution is 2.28. The normalized spacial score (nSPS) is 15.0. The maximum Gasteiger partial charge on any atom is 0.152 e. The lowest BCUT2D eigenvalue weighted by Gasteiger charge is -2.30. The molecule has 4 nitrogen and oxygen atoms in total. The summed E-state index contributed by atoms with van der Waals surface area (Å²) in [6.45, 7) is 7.07. The van der Waals surface area contributed by atoms with E-state index < -0.39 is 0 Å². The SMILES string of the molecule is CCNc1ccc(-c2ccccc2)nc1N1CCNCC1. The third-order valence-corrected chi connectivity index (χ3v) is 3.73. The molecule has 1 aliphatic heterocycles. The van der Waals surface area contributed by atoms with Crippen molar-refractivity contribution in [2.45, 2.75) is 6.92 Å². The van der Waals surface area contributed by atoms with Crippen molar-refractivity contribution in [2.75, 3.05) is 42.9 Å². The van der Waals surface area contributed by atoms with Crippen molar-refractivity contribution in [3.63, 3.8) is 0 Å². The Morgan fingerprint density at radius 2 is 1.86 bits per heavy atom. The zero-order valence-electron chi connectivity index (χ0n) is 12.5. The van der Waals surface area contributed by atoms with Gasteiger partial charge >= 0.3 is 0 Å². The van der Waals surface area contributed by atoms with Gasteiger partial charge in [0, 0.05) is 38.3 Å². The number of aromatic nitrogens is 1. The van der Waals surface area contributed by atoms with Crippen LogP contribution in [-0.4, -0.2) is 37.7 Å². The smallest absolute Gasteiger partial charge is 0.152 e. The van der Waals surface area contributed by atoms with E-state index >= 15 is 0 Å². The van der Waals surface area contributed by atoms with Crippen molar-refractivity contribution in [1.82, 2.24) is 10.3 Å². The summed E-state index contributed by atoms with van der Waals surface area (Å²) in [7, 11) is 0. The highest BCUT2D eigenvalue weighted by atomic mass is 15.2. The molecule has 0 aliphatic carbocycles. The Morgan fingerprint density at radius 3 is 2.57 bits per heavy atom. The predicted octanol–water partition coefficient (Wildman–Crippen LogP) is 2.59. The molecule has 3 rings (SSSR count). The highest BCUT2D eigenvalue weighted by molar-refractivity contribution is 5.71. The summed E-state index contributed by atoms with van der Waals surface area (Å²) < 4.78 is 0. The zero-order valence-corrected chi connectivity index (χ0v) is 12.5. The van der Waals surface area contributed by atoms with E-state index in [0.717, 1.165) is 55.5 Å². The molecule has 2 heterocycles. The first-order valence-corrected chi connectivity index (χ1v) is 7.64. The molecule has 21 heavy (non-hydrogen) atoms. The van der Waals surface area contributed by atoms with Gasteiger partial charge in [0.2, 0.25) is 0 Å². The molecule has 1 aromatic heterocycles.